The summed E-state index contributed by atoms with van der Waals surface area (Å²) < 4.78 is 15.9. The SMILES string of the molecule is COc1ccc(-c2noc(CSc3ccc(-c4ccc(Cl)cc4)nn3)n2)cc1OC. The van der Waals surface area contributed by atoms with Crippen LogP contribution >= 0.6 is 23.4 Å². The fourth-order valence-corrected chi connectivity index (χ4v) is 3.49. The van der Waals surface area contributed by atoms with Gasteiger partial charge < -0.3 is 14.0 Å². The first-order chi connectivity index (χ1) is 14.7. The normalized spacial score (nSPS) is 10.8. The molecule has 4 aromatic rings. The van der Waals surface area contributed by atoms with Crippen molar-refractivity contribution in [1.29, 1.82) is 0 Å². The highest BCUT2D eigenvalue weighted by Crippen LogP contribution is 2.31. The minimum Gasteiger partial charge on any atom is -0.493 e. The first-order valence-electron chi connectivity index (χ1n) is 8.93. The number of hydrogen-bond donors (Lipinski definition) is 0. The van der Waals surface area contributed by atoms with E-state index in [0.29, 0.717) is 34.0 Å². The molecule has 2 heterocycles. The van der Waals surface area contributed by atoms with E-state index >= 15 is 0 Å². The van der Waals surface area contributed by atoms with Crippen molar-refractivity contribution in [2.45, 2.75) is 10.8 Å². The first kappa shape index (κ1) is 20.2. The van der Waals surface area contributed by atoms with Crippen molar-refractivity contribution < 1.29 is 14.0 Å². The Morgan fingerprint density at radius 3 is 2.37 bits per heavy atom. The molecule has 2 aromatic heterocycles. The summed E-state index contributed by atoms with van der Waals surface area (Å²) in [5, 5.41) is 14.0. The third-order valence-corrected chi connectivity index (χ3v) is 5.39. The van der Waals surface area contributed by atoms with E-state index in [1.807, 2.05) is 48.5 Å². The zero-order chi connectivity index (χ0) is 20.9. The minimum absolute atomic E-state index is 0.481. The quantitative estimate of drug-likeness (QED) is 0.364. The number of thioether (sulfide) groups is 1. The monoisotopic (exact) mass is 440 g/mol. The van der Waals surface area contributed by atoms with Crippen LogP contribution < -0.4 is 9.47 Å². The van der Waals surface area contributed by atoms with Crippen LogP contribution in [0, 0.1) is 0 Å². The molecule has 0 atom stereocenters. The summed E-state index contributed by atoms with van der Waals surface area (Å²) in [6.45, 7) is 0. The molecule has 152 valence electrons. The van der Waals surface area contributed by atoms with Crippen LogP contribution in [-0.4, -0.2) is 34.6 Å². The van der Waals surface area contributed by atoms with Gasteiger partial charge in [0.15, 0.2) is 11.5 Å². The molecule has 0 aliphatic rings. The smallest absolute Gasteiger partial charge is 0.237 e. The van der Waals surface area contributed by atoms with E-state index in [0.717, 1.165) is 21.8 Å². The molecule has 0 aliphatic heterocycles. The Balaban J connectivity index is 1.41. The Morgan fingerprint density at radius 1 is 0.900 bits per heavy atom. The highest BCUT2D eigenvalue weighted by Gasteiger charge is 2.13. The van der Waals surface area contributed by atoms with Crippen molar-refractivity contribution in [1.82, 2.24) is 20.3 Å². The van der Waals surface area contributed by atoms with E-state index in [2.05, 4.69) is 20.3 Å². The van der Waals surface area contributed by atoms with E-state index < -0.39 is 0 Å². The van der Waals surface area contributed by atoms with Gasteiger partial charge >= 0.3 is 0 Å². The summed E-state index contributed by atoms with van der Waals surface area (Å²) in [7, 11) is 3.17. The Bertz CT molecular complexity index is 1130. The predicted octanol–water partition coefficient (Wildman–Crippen LogP) is 5.16. The fraction of sp³-hybridized carbons (Fsp3) is 0.143. The van der Waals surface area contributed by atoms with Crippen molar-refractivity contribution in [2.24, 2.45) is 0 Å². The molecule has 0 aliphatic carbocycles. The Hall–Kier alpha value is -3.10. The van der Waals surface area contributed by atoms with Crippen LogP contribution in [0.4, 0.5) is 0 Å². The van der Waals surface area contributed by atoms with Crippen molar-refractivity contribution in [3.63, 3.8) is 0 Å². The summed E-state index contributed by atoms with van der Waals surface area (Å²) in [6, 6.07) is 16.8. The van der Waals surface area contributed by atoms with Crippen LogP contribution in [0.15, 0.2) is 64.1 Å². The molecule has 0 N–H and O–H groups in total. The van der Waals surface area contributed by atoms with Crippen LogP contribution in [0.5, 0.6) is 11.5 Å². The number of benzene rings is 2. The molecule has 0 unspecified atom stereocenters. The van der Waals surface area contributed by atoms with Gasteiger partial charge in [0.05, 0.1) is 25.7 Å². The molecule has 0 spiro atoms. The number of hydrogen-bond acceptors (Lipinski definition) is 8. The van der Waals surface area contributed by atoms with Crippen molar-refractivity contribution in [3.8, 4) is 34.1 Å². The van der Waals surface area contributed by atoms with Gasteiger partial charge in [0.25, 0.3) is 0 Å². The molecule has 0 fully saturated rings. The van der Waals surface area contributed by atoms with Crippen LogP contribution in [0.2, 0.25) is 5.02 Å². The second kappa shape index (κ2) is 9.15. The Kier molecular flexibility index (Phi) is 6.15. The average Bonchev–Trinajstić information content (AvgIpc) is 3.27. The van der Waals surface area contributed by atoms with Crippen LogP contribution in [0.1, 0.15) is 5.89 Å². The lowest BCUT2D eigenvalue weighted by Gasteiger charge is -2.07. The van der Waals surface area contributed by atoms with E-state index in [1.165, 1.54) is 11.8 Å². The summed E-state index contributed by atoms with van der Waals surface area (Å²) in [6.07, 6.45) is 0. The number of ether oxygens (including phenoxy) is 2. The van der Waals surface area contributed by atoms with Gasteiger partial charge in [0, 0.05) is 16.1 Å². The molecular weight excluding hydrogens is 424 g/mol. The Morgan fingerprint density at radius 2 is 1.67 bits per heavy atom. The van der Waals surface area contributed by atoms with Gasteiger partial charge in [-0.05, 0) is 42.5 Å². The Labute approximate surface area is 182 Å². The van der Waals surface area contributed by atoms with E-state index in [4.69, 9.17) is 25.6 Å². The molecule has 9 heteroatoms. The molecule has 0 amide bonds. The van der Waals surface area contributed by atoms with Gasteiger partial charge in [-0.2, -0.15) is 4.98 Å². The van der Waals surface area contributed by atoms with Gasteiger partial charge in [-0.25, -0.2) is 0 Å². The summed E-state index contributed by atoms with van der Waals surface area (Å²) in [5.41, 5.74) is 2.52. The molecule has 7 nitrogen and oxygen atoms in total. The van der Waals surface area contributed by atoms with Crippen LogP contribution in [0.3, 0.4) is 0 Å². The largest absolute Gasteiger partial charge is 0.493 e. The molecule has 0 bridgehead atoms. The van der Waals surface area contributed by atoms with Crippen molar-refractivity contribution in [3.05, 3.63) is 65.5 Å². The van der Waals surface area contributed by atoms with Crippen LogP contribution in [0.25, 0.3) is 22.6 Å². The topological polar surface area (TPSA) is 83.2 Å². The maximum Gasteiger partial charge on any atom is 0.237 e. The van der Waals surface area contributed by atoms with Gasteiger partial charge in [-0.3, -0.25) is 0 Å². The van der Waals surface area contributed by atoms with Crippen molar-refractivity contribution in [2.75, 3.05) is 14.2 Å². The van der Waals surface area contributed by atoms with E-state index in [9.17, 15) is 0 Å². The lowest BCUT2D eigenvalue weighted by atomic mass is 10.1. The molecule has 4 rings (SSSR count). The number of nitrogens with zero attached hydrogens (tertiary/aromatic N) is 4. The lowest BCUT2D eigenvalue weighted by molar-refractivity contribution is 0.355. The molecular formula is C21H17ClN4O3S. The molecule has 0 saturated heterocycles. The highest BCUT2D eigenvalue weighted by atomic mass is 35.5. The number of rotatable bonds is 7. The first-order valence-corrected chi connectivity index (χ1v) is 10.3. The zero-order valence-corrected chi connectivity index (χ0v) is 17.8. The van der Waals surface area contributed by atoms with E-state index in [1.54, 1.807) is 20.3 Å². The second-order valence-electron chi connectivity index (χ2n) is 6.13. The number of aromatic nitrogens is 4. The molecule has 30 heavy (non-hydrogen) atoms. The summed E-state index contributed by atoms with van der Waals surface area (Å²) in [5.74, 6) is 2.70. The van der Waals surface area contributed by atoms with Gasteiger partial charge in [-0.15, -0.1) is 10.2 Å². The number of halogens is 1. The third-order valence-electron chi connectivity index (χ3n) is 4.23. The second-order valence-corrected chi connectivity index (χ2v) is 7.57. The molecule has 0 radical (unpaired) electrons. The van der Waals surface area contributed by atoms with Gasteiger partial charge in [0.2, 0.25) is 11.7 Å². The van der Waals surface area contributed by atoms with Gasteiger partial charge in [-0.1, -0.05) is 40.7 Å². The van der Waals surface area contributed by atoms with Crippen LogP contribution in [-0.2, 0) is 5.75 Å². The standard InChI is InChI=1S/C21H17ClN4O3S/c1-27-17-9-5-14(11-18(17)28-2)21-23-19(29-26-21)12-30-20-10-8-16(24-25-20)13-3-6-15(22)7-4-13/h3-11H,12H2,1-2H3. The maximum atomic E-state index is 5.92. The zero-order valence-electron chi connectivity index (χ0n) is 16.2. The minimum atomic E-state index is 0.481. The average molecular weight is 441 g/mol. The predicted molar refractivity (Wildman–Crippen MR) is 115 cm³/mol. The van der Waals surface area contributed by atoms with Crippen molar-refractivity contribution >= 4 is 23.4 Å². The van der Waals surface area contributed by atoms with E-state index in [-0.39, 0.29) is 0 Å². The summed E-state index contributed by atoms with van der Waals surface area (Å²) >= 11 is 7.39. The molecule has 2 aromatic carbocycles. The highest BCUT2D eigenvalue weighted by molar-refractivity contribution is 7.98. The third kappa shape index (κ3) is 4.55. The maximum absolute atomic E-state index is 5.92. The lowest BCUT2D eigenvalue weighted by Crippen LogP contribution is -1.91. The molecule has 0 saturated carbocycles. The van der Waals surface area contributed by atoms with Gasteiger partial charge in [0.1, 0.15) is 5.03 Å². The number of methoxy groups -OCH3 is 2. The fourth-order valence-electron chi connectivity index (χ4n) is 2.71. The summed E-state index contributed by atoms with van der Waals surface area (Å²) in [4.78, 5) is 4.44.